The van der Waals surface area contributed by atoms with E-state index in [0.717, 1.165) is 34.0 Å². The molecule has 0 fully saturated rings. The highest BCUT2D eigenvalue weighted by atomic mass is 35.5. The summed E-state index contributed by atoms with van der Waals surface area (Å²) in [7, 11) is 1.90. The molecule has 2 rings (SSSR count). The Balaban J connectivity index is 2.29. The minimum absolute atomic E-state index is 0.133. The number of nitrogens with one attached hydrogen (secondary N) is 1. The highest BCUT2D eigenvalue weighted by Crippen LogP contribution is 2.27. The lowest BCUT2D eigenvalue weighted by Crippen LogP contribution is -2.06. The Bertz CT molecular complexity index is 584. The van der Waals surface area contributed by atoms with Gasteiger partial charge in [-0.2, -0.15) is 0 Å². The first-order valence-corrected chi connectivity index (χ1v) is 7.03. The summed E-state index contributed by atoms with van der Waals surface area (Å²) in [5, 5.41) is 3.85. The monoisotopic (exact) mass is 290 g/mol. The molecule has 2 aromatic rings. The number of rotatable bonds is 5. The number of aromatic nitrogens is 1. The van der Waals surface area contributed by atoms with Gasteiger partial charge in [0.2, 0.25) is 0 Å². The summed E-state index contributed by atoms with van der Waals surface area (Å²) in [6.45, 7) is 4.75. The normalized spacial score (nSPS) is 10.8. The quantitative estimate of drug-likeness (QED) is 0.906. The van der Waals surface area contributed by atoms with Gasteiger partial charge in [-0.1, -0.05) is 23.7 Å². The molecule has 0 unspecified atom stereocenters. The largest absolute Gasteiger partial charge is 0.489 e. The molecule has 0 bridgehead atoms. The summed E-state index contributed by atoms with van der Waals surface area (Å²) in [6.07, 6.45) is 3.67. The van der Waals surface area contributed by atoms with Gasteiger partial charge in [0.05, 0.1) is 12.3 Å². The average molecular weight is 291 g/mol. The second-order valence-corrected chi connectivity index (χ2v) is 5.32. The topological polar surface area (TPSA) is 34.2 Å². The summed E-state index contributed by atoms with van der Waals surface area (Å²) < 4.78 is 5.66. The molecule has 0 amide bonds. The predicted octanol–water partition coefficient (Wildman–Crippen LogP) is 3.91. The molecular formula is C16H19ClN2O. The highest BCUT2D eigenvalue weighted by Gasteiger charge is 2.06. The predicted molar refractivity (Wildman–Crippen MR) is 83.2 cm³/mol. The molecule has 0 saturated carbocycles. The Morgan fingerprint density at radius 3 is 2.65 bits per heavy atom. The summed E-state index contributed by atoms with van der Waals surface area (Å²) in [6, 6.07) is 8.03. The molecule has 1 heterocycles. The maximum atomic E-state index is 6.29. The van der Waals surface area contributed by atoms with E-state index >= 15 is 0 Å². The van der Waals surface area contributed by atoms with Crippen LogP contribution in [-0.4, -0.2) is 18.1 Å². The van der Waals surface area contributed by atoms with Crippen molar-refractivity contribution in [2.45, 2.75) is 26.5 Å². The average Bonchev–Trinajstić information content (AvgIpc) is 2.41. The van der Waals surface area contributed by atoms with Crippen LogP contribution in [0.3, 0.4) is 0 Å². The molecule has 4 heteroatoms. The molecule has 0 atom stereocenters. The number of benzene rings is 1. The maximum Gasteiger partial charge on any atom is 0.138 e. The lowest BCUT2D eigenvalue weighted by atomic mass is 10.1. The van der Waals surface area contributed by atoms with Crippen LogP contribution >= 0.6 is 11.6 Å². The van der Waals surface area contributed by atoms with Crippen molar-refractivity contribution in [1.29, 1.82) is 0 Å². The third-order valence-corrected chi connectivity index (χ3v) is 3.19. The zero-order valence-corrected chi connectivity index (χ0v) is 12.7. The van der Waals surface area contributed by atoms with Gasteiger partial charge in [-0.3, -0.25) is 4.98 Å². The fourth-order valence-corrected chi connectivity index (χ4v) is 2.22. The Morgan fingerprint density at radius 2 is 2.00 bits per heavy atom. The molecule has 1 N–H and O–H groups in total. The number of ether oxygens (including phenoxy) is 1. The van der Waals surface area contributed by atoms with Gasteiger partial charge in [-0.25, -0.2) is 0 Å². The van der Waals surface area contributed by atoms with Crippen molar-refractivity contribution in [3.05, 3.63) is 47.2 Å². The summed E-state index contributed by atoms with van der Waals surface area (Å²) >= 11 is 6.29. The van der Waals surface area contributed by atoms with Gasteiger partial charge >= 0.3 is 0 Å². The van der Waals surface area contributed by atoms with E-state index in [1.165, 1.54) is 0 Å². The van der Waals surface area contributed by atoms with Crippen LogP contribution < -0.4 is 10.1 Å². The molecule has 0 aliphatic rings. The van der Waals surface area contributed by atoms with E-state index in [4.69, 9.17) is 16.3 Å². The van der Waals surface area contributed by atoms with Gasteiger partial charge in [0.1, 0.15) is 5.75 Å². The standard InChI is InChI=1S/C16H19ClN2O/c1-11(2)20-15-6-14(9-19-10-15)12-4-5-13(8-18-3)16(17)7-12/h4-7,9-11,18H,8H2,1-3H3. The molecule has 1 aromatic carbocycles. The molecule has 3 nitrogen and oxygen atoms in total. The van der Waals surface area contributed by atoms with Crippen molar-refractivity contribution >= 4 is 11.6 Å². The molecule has 0 aliphatic heterocycles. The van der Waals surface area contributed by atoms with Gasteiger partial charge in [-0.05, 0) is 44.2 Å². The molecule has 0 aliphatic carbocycles. The van der Waals surface area contributed by atoms with Crippen LogP contribution in [0.1, 0.15) is 19.4 Å². The number of hydrogen-bond donors (Lipinski definition) is 1. The van der Waals surface area contributed by atoms with E-state index < -0.39 is 0 Å². The second-order valence-electron chi connectivity index (χ2n) is 4.91. The number of pyridine rings is 1. The van der Waals surface area contributed by atoms with Crippen LogP contribution in [0, 0.1) is 0 Å². The van der Waals surface area contributed by atoms with Crippen molar-refractivity contribution in [2.75, 3.05) is 7.05 Å². The zero-order chi connectivity index (χ0) is 14.5. The minimum Gasteiger partial charge on any atom is -0.489 e. The number of halogens is 1. The molecule has 1 aromatic heterocycles. The van der Waals surface area contributed by atoms with Crippen molar-refractivity contribution in [2.24, 2.45) is 0 Å². The lowest BCUT2D eigenvalue weighted by molar-refractivity contribution is 0.241. The second kappa shape index (κ2) is 6.73. The van der Waals surface area contributed by atoms with Crippen LogP contribution in [0.25, 0.3) is 11.1 Å². The maximum absolute atomic E-state index is 6.29. The first kappa shape index (κ1) is 14.8. The van der Waals surface area contributed by atoms with Gasteiger partial charge in [0.15, 0.2) is 0 Å². The minimum atomic E-state index is 0.133. The number of nitrogens with zero attached hydrogens (tertiary/aromatic N) is 1. The highest BCUT2D eigenvalue weighted by molar-refractivity contribution is 6.31. The molecular weight excluding hydrogens is 272 g/mol. The third-order valence-electron chi connectivity index (χ3n) is 2.84. The Hall–Kier alpha value is -1.58. The number of hydrogen-bond acceptors (Lipinski definition) is 3. The van der Waals surface area contributed by atoms with Crippen LogP contribution in [0.15, 0.2) is 36.7 Å². The molecule has 0 radical (unpaired) electrons. The Labute approximate surface area is 124 Å². The summed E-state index contributed by atoms with van der Waals surface area (Å²) in [5.74, 6) is 0.771. The van der Waals surface area contributed by atoms with E-state index in [0.29, 0.717) is 0 Å². The van der Waals surface area contributed by atoms with Gasteiger partial charge in [-0.15, -0.1) is 0 Å². The van der Waals surface area contributed by atoms with Gasteiger partial charge < -0.3 is 10.1 Å². The zero-order valence-electron chi connectivity index (χ0n) is 12.0. The van der Waals surface area contributed by atoms with Crippen molar-refractivity contribution in [3.63, 3.8) is 0 Å². The fraction of sp³-hybridized carbons (Fsp3) is 0.312. The van der Waals surface area contributed by atoms with E-state index in [9.17, 15) is 0 Å². The first-order chi connectivity index (χ1) is 9.60. The molecule has 0 saturated heterocycles. The molecule has 106 valence electrons. The lowest BCUT2D eigenvalue weighted by Gasteiger charge is -2.11. The van der Waals surface area contributed by atoms with E-state index in [2.05, 4.69) is 16.4 Å². The molecule has 0 spiro atoms. The smallest absolute Gasteiger partial charge is 0.138 e. The SMILES string of the molecule is CNCc1ccc(-c2cncc(OC(C)C)c2)cc1Cl. The van der Waals surface area contributed by atoms with E-state index in [1.807, 2.05) is 45.3 Å². The van der Waals surface area contributed by atoms with E-state index in [1.54, 1.807) is 6.20 Å². The van der Waals surface area contributed by atoms with Crippen molar-refractivity contribution < 1.29 is 4.74 Å². The van der Waals surface area contributed by atoms with Crippen molar-refractivity contribution in [3.8, 4) is 16.9 Å². The Kier molecular flexibility index (Phi) is 4.99. The molecule has 20 heavy (non-hydrogen) atoms. The van der Waals surface area contributed by atoms with Crippen LogP contribution in [0.2, 0.25) is 5.02 Å². The Morgan fingerprint density at radius 1 is 1.20 bits per heavy atom. The fourth-order valence-electron chi connectivity index (χ4n) is 1.97. The summed E-state index contributed by atoms with van der Waals surface area (Å²) in [4.78, 5) is 4.22. The van der Waals surface area contributed by atoms with Crippen LogP contribution in [0.4, 0.5) is 0 Å². The van der Waals surface area contributed by atoms with Gasteiger partial charge in [0, 0.05) is 23.3 Å². The van der Waals surface area contributed by atoms with Crippen LogP contribution in [-0.2, 0) is 6.54 Å². The van der Waals surface area contributed by atoms with Crippen molar-refractivity contribution in [1.82, 2.24) is 10.3 Å². The first-order valence-electron chi connectivity index (χ1n) is 6.65. The summed E-state index contributed by atoms with van der Waals surface area (Å²) in [5.41, 5.74) is 3.12. The van der Waals surface area contributed by atoms with E-state index in [-0.39, 0.29) is 6.10 Å². The third kappa shape index (κ3) is 3.71. The van der Waals surface area contributed by atoms with Crippen LogP contribution in [0.5, 0.6) is 5.75 Å². The van der Waals surface area contributed by atoms with Gasteiger partial charge in [0.25, 0.3) is 0 Å².